The van der Waals surface area contributed by atoms with Crippen molar-refractivity contribution in [2.24, 2.45) is 7.05 Å². The van der Waals surface area contributed by atoms with E-state index in [1.165, 1.54) is 0 Å². The molecule has 2 rings (SSSR count). The van der Waals surface area contributed by atoms with Crippen LogP contribution < -0.4 is 10.6 Å². The molecule has 6 heteroatoms. The third-order valence-corrected chi connectivity index (χ3v) is 2.42. The zero-order valence-electron chi connectivity index (χ0n) is 9.27. The lowest BCUT2D eigenvalue weighted by Crippen LogP contribution is -2.43. The molecule has 1 saturated heterocycles. The number of ether oxygens (including phenoxy) is 1. The summed E-state index contributed by atoms with van der Waals surface area (Å²) in [6.07, 6.45) is 3.82. The molecule has 1 amide bonds. The fourth-order valence-electron chi connectivity index (χ4n) is 1.67. The first-order chi connectivity index (χ1) is 7.74. The molecule has 88 valence electrons. The molecule has 1 aromatic rings. The highest BCUT2D eigenvalue weighted by atomic mass is 16.5. The third kappa shape index (κ3) is 3.04. The van der Waals surface area contributed by atoms with Gasteiger partial charge in [-0.1, -0.05) is 0 Å². The highest BCUT2D eigenvalue weighted by Gasteiger charge is 2.16. The first kappa shape index (κ1) is 11.1. The quantitative estimate of drug-likeness (QED) is 0.742. The van der Waals surface area contributed by atoms with Crippen LogP contribution in [0.15, 0.2) is 12.4 Å². The molecular weight excluding hydrogens is 208 g/mol. The summed E-state index contributed by atoms with van der Waals surface area (Å²) >= 11 is 0. The van der Waals surface area contributed by atoms with Crippen molar-refractivity contribution in [3.63, 3.8) is 0 Å². The van der Waals surface area contributed by atoms with Crippen LogP contribution in [-0.4, -0.2) is 41.5 Å². The molecule has 2 heterocycles. The second-order valence-corrected chi connectivity index (χ2v) is 3.88. The Morgan fingerprint density at radius 2 is 2.69 bits per heavy atom. The number of hydrogen-bond donors (Lipinski definition) is 2. The molecule has 1 aromatic heterocycles. The Hall–Kier alpha value is -1.40. The molecule has 0 bridgehead atoms. The second kappa shape index (κ2) is 5.09. The highest BCUT2D eigenvalue weighted by Crippen LogP contribution is 2.06. The van der Waals surface area contributed by atoms with E-state index in [4.69, 9.17) is 4.74 Å². The minimum Gasteiger partial charge on any atom is -0.378 e. The van der Waals surface area contributed by atoms with Gasteiger partial charge in [0.25, 0.3) is 0 Å². The number of nitrogens with one attached hydrogen (secondary N) is 2. The first-order valence-electron chi connectivity index (χ1n) is 5.33. The van der Waals surface area contributed by atoms with Crippen molar-refractivity contribution >= 4 is 11.6 Å². The maximum Gasteiger partial charge on any atom is 0.226 e. The van der Waals surface area contributed by atoms with Crippen molar-refractivity contribution in [1.82, 2.24) is 15.1 Å². The van der Waals surface area contributed by atoms with Crippen molar-refractivity contribution in [3.8, 4) is 0 Å². The van der Waals surface area contributed by atoms with Crippen LogP contribution in [0, 0.1) is 0 Å². The van der Waals surface area contributed by atoms with E-state index in [0.717, 1.165) is 18.8 Å². The number of amides is 1. The van der Waals surface area contributed by atoms with Gasteiger partial charge in [-0.15, -0.1) is 0 Å². The molecule has 2 N–H and O–H groups in total. The average Bonchev–Trinajstić information content (AvgIpc) is 2.65. The van der Waals surface area contributed by atoms with Gasteiger partial charge in [-0.25, -0.2) is 0 Å². The van der Waals surface area contributed by atoms with E-state index in [9.17, 15) is 4.79 Å². The molecule has 1 unspecified atom stereocenters. The Labute approximate surface area is 94.0 Å². The number of rotatable bonds is 3. The number of aromatic nitrogens is 2. The number of carbonyl (C=O) groups is 1. The number of aryl methyl sites for hydroxylation is 1. The van der Waals surface area contributed by atoms with Crippen LogP contribution >= 0.6 is 0 Å². The van der Waals surface area contributed by atoms with Gasteiger partial charge in [0.2, 0.25) is 5.91 Å². The van der Waals surface area contributed by atoms with Crippen molar-refractivity contribution in [2.45, 2.75) is 12.5 Å². The zero-order chi connectivity index (χ0) is 11.4. The van der Waals surface area contributed by atoms with Crippen molar-refractivity contribution < 1.29 is 9.53 Å². The van der Waals surface area contributed by atoms with Crippen molar-refractivity contribution in [1.29, 1.82) is 0 Å². The van der Waals surface area contributed by atoms with E-state index in [1.807, 2.05) is 7.05 Å². The Morgan fingerprint density at radius 1 is 1.81 bits per heavy atom. The fourth-order valence-corrected chi connectivity index (χ4v) is 1.67. The van der Waals surface area contributed by atoms with E-state index < -0.39 is 0 Å². The van der Waals surface area contributed by atoms with Gasteiger partial charge in [0.1, 0.15) is 0 Å². The van der Waals surface area contributed by atoms with Gasteiger partial charge in [0, 0.05) is 32.3 Å². The molecular formula is C10H16N4O2. The Bertz CT molecular complexity index is 357. The SMILES string of the molecule is Cn1cc(NC(=O)CC2COCCN2)cn1. The number of hydrogen-bond acceptors (Lipinski definition) is 4. The summed E-state index contributed by atoms with van der Waals surface area (Å²) in [6, 6.07) is 0.116. The van der Waals surface area contributed by atoms with Crippen LogP contribution in [0.1, 0.15) is 6.42 Å². The Balaban J connectivity index is 1.79. The molecule has 0 aromatic carbocycles. The molecule has 0 aliphatic carbocycles. The van der Waals surface area contributed by atoms with Gasteiger partial charge in [-0.2, -0.15) is 5.10 Å². The summed E-state index contributed by atoms with van der Waals surface area (Å²) in [5, 5.41) is 10.0. The molecule has 6 nitrogen and oxygen atoms in total. The average molecular weight is 224 g/mol. The van der Waals surface area contributed by atoms with Crippen molar-refractivity contribution in [3.05, 3.63) is 12.4 Å². The maximum atomic E-state index is 11.6. The summed E-state index contributed by atoms with van der Waals surface area (Å²) in [4.78, 5) is 11.6. The number of carbonyl (C=O) groups excluding carboxylic acids is 1. The number of anilines is 1. The van der Waals surface area contributed by atoms with E-state index in [-0.39, 0.29) is 11.9 Å². The minimum atomic E-state index is -0.0176. The first-order valence-corrected chi connectivity index (χ1v) is 5.33. The van der Waals surface area contributed by atoms with Gasteiger partial charge in [-0.05, 0) is 0 Å². The smallest absolute Gasteiger partial charge is 0.226 e. The summed E-state index contributed by atoms with van der Waals surface area (Å²) in [7, 11) is 1.81. The summed E-state index contributed by atoms with van der Waals surface area (Å²) in [5.74, 6) is -0.0176. The van der Waals surface area contributed by atoms with Gasteiger partial charge in [0.15, 0.2) is 0 Å². The predicted molar refractivity (Wildman–Crippen MR) is 59.1 cm³/mol. The van der Waals surface area contributed by atoms with Crippen LogP contribution in [0.2, 0.25) is 0 Å². The van der Waals surface area contributed by atoms with Crippen LogP contribution in [-0.2, 0) is 16.6 Å². The third-order valence-electron chi connectivity index (χ3n) is 2.42. The van der Waals surface area contributed by atoms with Gasteiger partial charge >= 0.3 is 0 Å². The zero-order valence-corrected chi connectivity index (χ0v) is 9.27. The number of morpholine rings is 1. The van der Waals surface area contributed by atoms with E-state index in [0.29, 0.717) is 13.0 Å². The minimum absolute atomic E-state index is 0.0176. The Morgan fingerprint density at radius 3 is 3.31 bits per heavy atom. The summed E-state index contributed by atoms with van der Waals surface area (Å²) < 4.78 is 6.93. The maximum absolute atomic E-state index is 11.6. The van der Waals surface area contributed by atoms with Crippen molar-refractivity contribution in [2.75, 3.05) is 25.1 Å². The largest absolute Gasteiger partial charge is 0.378 e. The van der Waals surface area contributed by atoms with Crippen LogP contribution in [0.3, 0.4) is 0 Å². The van der Waals surface area contributed by atoms with Gasteiger partial charge in [0.05, 0.1) is 25.1 Å². The van der Waals surface area contributed by atoms with E-state index >= 15 is 0 Å². The topological polar surface area (TPSA) is 68.2 Å². The van der Waals surface area contributed by atoms with E-state index in [2.05, 4.69) is 15.7 Å². The number of nitrogens with zero attached hydrogens (tertiary/aromatic N) is 2. The normalized spacial score (nSPS) is 20.7. The summed E-state index contributed by atoms with van der Waals surface area (Å²) in [6.45, 7) is 2.13. The van der Waals surface area contributed by atoms with E-state index in [1.54, 1.807) is 17.1 Å². The van der Waals surface area contributed by atoms with Crippen LogP contribution in [0.5, 0.6) is 0 Å². The predicted octanol–water partition coefficient (Wildman–Crippen LogP) is -0.263. The molecule has 0 radical (unpaired) electrons. The molecule has 1 atom stereocenters. The molecule has 1 aliphatic rings. The van der Waals surface area contributed by atoms with Crippen LogP contribution in [0.4, 0.5) is 5.69 Å². The monoisotopic (exact) mass is 224 g/mol. The lowest BCUT2D eigenvalue weighted by molar-refractivity contribution is -0.117. The fraction of sp³-hybridized carbons (Fsp3) is 0.600. The molecule has 16 heavy (non-hydrogen) atoms. The molecule has 0 saturated carbocycles. The lowest BCUT2D eigenvalue weighted by atomic mass is 10.2. The van der Waals surface area contributed by atoms with Gasteiger partial charge < -0.3 is 15.4 Å². The van der Waals surface area contributed by atoms with Gasteiger partial charge in [-0.3, -0.25) is 9.48 Å². The Kier molecular flexibility index (Phi) is 3.53. The molecule has 0 spiro atoms. The standard InChI is InChI=1S/C10H16N4O2/c1-14-6-9(5-12-14)13-10(15)4-8-7-16-3-2-11-8/h5-6,8,11H,2-4,7H2,1H3,(H,13,15). The molecule has 1 fully saturated rings. The second-order valence-electron chi connectivity index (χ2n) is 3.88. The molecule has 1 aliphatic heterocycles. The lowest BCUT2D eigenvalue weighted by Gasteiger charge is -2.23. The highest BCUT2D eigenvalue weighted by molar-refractivity contribution is 5.90. The van der Waals surface area contributed by atoms with Crippen LogP contribution in [0.25, 0.3) is 0 Å². The summed E-state index contributed by atoms with van der Waals surface area (Å²) in [5.41, 5.74) is 0.726.